The first-order valence-electron chi connectivity index (χ1n) is 4.04. The Bertz CT molecular complexity index is 341. The molecule has 0 saturated heterocycles. The molecule has 0 amide bonds. The van der Waals surface area contributed by atoms with E-state index in [1.807, 2.05) is 0 Å². The van der Waals surface area contributed by atoms with Crippen molar-refractivity contribution in [1.29, 1.82) is 0 Å². The van der Waals surface area contributed by atoms with Crippen LogP contribution in [0.25, 0.3) is 0 Å². The van der Waals surface area contributed by atoms with Gasteiger partial charge in [0.2, 0.25) is 0 Å². The van der Waals surface area contributed by atoms with Gasteiger partial charge in [0.25, 0.3) is 5.69 Å². The van der Waals surface area contributed by atoms with Gasteiger partial charge in [0.05, 0.1) is 10.6 Å². The number of rotatable bonds is 4. The number of nitro groups is 1. The van der Waals surface area contributed by atoms with Gasteiger partial charge in [-0.2, -0.15) is 0 Å². The van der Waals surface area contributed by atoms with Gasteiger partial charge in [-0.25, -0.2) is 0 Å². The zero-order valence-electron chi connectivity index (χ0n) is 7.43. The van der Waals surface area contributed by atoms with E-state index in [9.17, 15) is 10.1 Å². The number of hydrogen-bond donors (Lipinski definition) is 3. The van der Waals surface area contributed by atoms with Crippen LogP contribution in [-0.4, -0.2) is 16.6 Å². The van der Waals surface area contributed by atoms with Crippen molar-refractivity contribution in [3.05, 3.63) is 33.9 Å². The number of hydrogen-bond acceptors (Lipinski definition) is 5. The molecule has 1 aromatic carbocycles. The Kier molecular flexibility index (Phi) is 3.38. The molecule has 1 aromatic rings. The summed E-state index contributed by atoms with van der Waals surface area (Å²) in [6.07, 6.45) is 0.414. The van der Waals surface area contributed by atoms with Gasteiger partial charge in [-0.05, 0) is 12.0 Å². The minimum absolute atomic E-state index is 0.0213. The lowest BCUT2D eigenvalue weighted by atomic mass is 10.1. The second kappa shape index (κ2) is 4.54. The first-order chi connectivity index (χ1) is 6.69. The van der Waals surface area contributed by atoms with E-state index in [-0.39, 0.29) is 12.3 Å². The van der Waals surface area contributed by atoms with Crippen molar-refractivity contribution in [2.75, 3.05) is 12.0 Å². The Morgan fingerprint density at radius 1 is 1.57 bits per heavy atom. The number of nitro benzene ring substituents is 1. The van der Waals surface area contributed by atoms with Crippen LogP contribution in [0.4, 0.5) is 11.4 Å². The first kappa shape index (κ1) is 10.4. The Morgan fingerprint density at radius 3 is 2.79 bits per heavy atom. The Labute approximate surface area is 80.5 Å². The first-order valence-corrected chi connectivity index (χ1v) is 4.04. The van der Waals surface area contributed by atoms with Gasteiger partial charge in [0, 0.05) is 18.7 Å². The monoisotopic (exact) mass is 197 g/mol. The predicted octanol–water partition coefficient (Wildman–Crippen LogP) is 0.415. The number of nitrogen functional groups attached to an aromatic ring is 1. The molecule has 1 rings (SSSR count). The smallest absolute Gasteiger partial charge is 0.271 e. The second-order valence-electron chi connectivity index (χ2n) is 2.72. The highest BCUT2D eigenvalue weighted by molar-refractivity contribution is 5.56. The summed E-state index contributed by atoms with van der Waals surface area (Å²) in [6.45, 7) is -0.0213. The molecule has 76 valence electrons. The summed E-state index contributed by atoms with van der Waals surface area (Å²) < 4.78 is 0. The molecule has 0 heterocycles. The highest BCUT2D eigenvalue weighted by Gasteiger charge is 2.09. The van der Waals surface area contributed by atoms with Crippen molar-refractivity contribution in [1.82, 2.24) is 0 Å². The van der Waals surface area contributed by atoms with Crippen molar-refractivity contribution in [3.8, 4) is 0 Å². The van der Waals surface area contributed by atoms with E-state index in [0.29, 0.717) is 12.1 Å². The number of benzene rings is 1. The third-order valence-corrected chi connectivity index (χ3v) is 1.84. The number of anilines is 1. The molecule has 0 radical (unpaired) electrons. The van der Waals surface area contributed by atoms with E-state index in [2.05, 4.69) is 5.43 Å². The average molecular weight is 197 g/mol. The van der Waals surface area contributed by atoms with Crippen LogP contribution < -0.4 is 11.3 Å². The van der Waals surface area contributed by atoms with Crippen molar-refractivity contribution in [2.24, 2.45) is 5.84 Å². The maximum absolute atomic E-state index is 10.4. The highest BCUT2D eigenvalue weighted by atomic mass is 16.6. The van der Waals surface area contributed by atoms with Crippen LogP contribution in [0.3, 0.4) is 0 Å². The van der Waals surface area contributed by atoms with Crippen LogP contribution in [-0.2, 0) is 6.42 Å². The number of nitrogens with zero attached hydrogens (tertiary/aromatic N) is 1. The lowest BCUT2D eigenvalue weighted by molar-refractivity contribution is -0.384. The van der Waals surface area contributed by atoms with Gasteiger partial charge in [-0.15, -0.1) is 0 Å². The molecule has 0 aromatic heterocycles. The Hall–Kier alpha value is -1.66. The molecule has 0 unspecified atom stereocenters. The Balaban J connectivity index is 3.04. The van der Waals surface area contributed by atoms with Gasteiger partial charge in [-0.1, -0.05) is 6.07 Å². The number of aliphatic hydroxyl groups excluding tert-OH is 1. The van der Waals surface area contributed by atoms with Crippen LogP contribution in [0.1, 0.15) is 5.56 Å². The summed E-state index contributed by atoms with van der Waals surface area (Å²) in [4.78, 5) is 9.93. The third kappa shape index (κ3) is 2.18. The second-order valence-corrected chi connectivity index (χ2v) is 2.72. The standard InChI is InChI=1S/C8H11N3O3/c9-10-8-5-7(11(13)14)2-1-6(8)3-4-12/h1-2,5,10,12H,3-4,9H2. The number of nitrogens with one attached hydrogen (secondary N) is 1. The number of aliphatic hydroxyl groups is 1. The fraction of sp³-hybridized carbons (Fsp3) is 0.250. The highest BCUT2D eigenvalue weighted by Crippen LogP contribution is 2.21. The number of nitrogens with two attached hydrogens (primary N) is 1. The summed E-state index contributed by atoms with van der Waals surface area (Å²) in [7, 11) is 0. The van der Waals surface area contributed by atoms with Gasteiger partial charge in [0.1, 0.15) is 0 Å². The maximum Gasteiger partial charge on any atom is 0.271 e. The van der Waals surface area contributed by atoms with E-state index in [4.69, 9.17) is 10.9 Å². The molecule has 0 spiro atoms. The molecule has 0 atom stereocenters. The lowest BCUT2D eigenvalue weighted by Crippen LogP contribution is -2.10. The predicted molar refractivity (Wildman–Crippen MR) is 51.7 cm³/mol. The van der Waals surface area contributed by atoms with Crippen LogP contribution in [0.5, 0.6) is 0 Å². The van der Waals surface area contributed by atoms with Gasteiger partial charge in [0.15, 0.2) is 0 Å². The van der Waals surface area contributed by atoms with Crippen molar-refractivity contribution in [2.45, 2.75) is 6.42 Å². The van der Waals surface area contributed by atoms with E-state index in [1.54, 1.807) is 6.07 Å². The van der Waals surface area contributed by atoms with Crippen LogP contribution in [0.15, 0.2) is 18.2 Å². The summed E-state index contributed by atoms with van der Waals surface area (Å²) in [5.74, 6) is 5.20. The minimum Gasteiger partial charge on any atom is -0.396 e. The van der Waals surface area contributed by atoms with Crippen LogP contribution in [0.2, 0.25) is 0 Å². The molecule has 0 aliphatic carbocycles. The van der Waals surface area contributed by atoms with Crippen molar-refractivity contribution < 1.29 is 10.0 Å². The number of hydrazine groups is 1. The fourth-order valence-electron chi connectivity index (χ4n) is 1.15. The molecule has 0 fully saturated rings. The molecule has 6 nitrogen and oxygen atoms in total. The minimum atomic E-state index is -0.496. The molecule has 0 aliphatic rings. The van der Waals surface area contributed by atoms with Gasteiger partial charge < -0.3 is 10.5 Å². The molecule has 4 N–H and O–H groups in total. The van der Waals surface area contributed by atoms with Crippen LogP contribution in [0, 0.1) is 10.1 Å². The zero-order valence-corrected chi connectivity index (χ0v) is 7.43. The maximum atomic E-state index is 10.4. The summed E-state index contributed by atoms with van der Waals surface area (Å²) in [5, 5.41) is 19.1. The Morgan fingerprint density at radius 2 is 2.29 bits per heavy atom. The van der Waals surface area contributed by atoms with Gasteiger partial charge >= 0.3 is 0 Å². The van der Waals surface area contributed by atoms with Crippen molar-refractivity contribution in [3.63, 3.8) is 0 Å². The summed E-state index contributed by atoms with van der Waals surface area (Å²) >= 11 is 0. The number of non-ortho nitro benzene ring substituents is 1. The molecular weight excluding hydrogens is 186 g/mol. The van der Waals surface area contributed by atoms with E-state index in [1.165, 1.54) is 12.1 Å². The summed E-state index contributed by atoms with van der Waals surface area (Å²) in [6, 6.07) is 4.29. The lowest BCUT2D eigenvalue weighted by Gasteiger charge is -2.06. The molecule has 0 bridgehead atoms. The normalized spacial score (nSPS) is 9.86. The largest absolute Gasteiger partial charge is 0.396 e. The van der Waals surface area contributed by atoms with Crippen molar-refractivity contribution >= 4 is 11.4 Å². The molecule has 14 heavy (non-hydrogen) atoms. The summed E-state index contributed by atoms with van der Waals surface area (Å²) in [5.41, 5.74) is 3.55. The molecule has 0 aliphatic heterocycles. The van der Waals surface area contributed by atoms with E-state index < -0.39 is 4.92 Å². The van der Waals surface area contributed by atoms with Crippen LogP contribution >= 0.6 is 0 Å². The van der Waals surface area contributed by atoms with E-state index >= 15 is 0 Å². The molecular formula is C8H11N3O3. The SMILES string of the molecule is NNc1cc([N+](=O)[O-])ccc1CCO. The van der Waals surface area contributed by atoms with Gasteiger partial charge in [-0.3, -0.25) is 16.0 Å². The fourth-order valence-corrected chi connectivity index (χ4v) is 1.15. The quantitative estimate of drug-likeness (QED) is 0.368. The molecule has 6 heteroatoms. The third-order valence-electron chi connectivity index (χ3n) is 1.84. The van der Waals surface area contributed by atoms with E-state index in [0.717, 1.165) is 5.56 Å². The topological polar surface area (TPSA) is 101 Å². The zero-order chi connectivity index (χ0) is 10.6. The average Bonchev–Trinajstić information content (AvgIpc) is 2.18. The molecule has 0 saturated carbocycles.